The maximum absolute atomic E-state index is 11.3. The summed E-state index contributed by atoms with van der Waals surface area (Å²) in [7, 11) is 0. The van der Waals surface area contributed by atoms with Crippen LogP contribution in [-0.4, -0.2) is 35.4 Å². The first-order valence-corrected chi connectivity index (χ1v) is 6.35. The molecule has 0 spiro atoms. The number of carbonyl (C=O) groups excluding carboxylic acids is 1. The average molecular weight is 260 g/mol. The second-order valence-corrected chi connectivity index (χ2v) is 4.68. The number of carbonyl (C=O) groups is 1. The fourth-order valence-electron chi connectivity index (χ4n) is 2.25. The van der Waals surface area contributed by atoms with Gasteiger partial charge in [-0.15, -0.1) is 0 Å². The van der Waals surface area contributed by atoms with Crippen molar-refractivity contribution in [3.05, 3.63) is 24.1 Å². The number of anilines is 1. The molecule has 1 fully saturated rings. The van der Waals surface area contributed by atoms with Crippen molar-refractivity contribution < 1.29 is 9.21 Å². The number of oxazole rings is 1. The number of amides is 1. The van der Waals surface area contributed by atoms with Crippen LogP contribution in [-0.2, 0) is 11.3 Å². The van der Waals surface area contributed by atoms with Crippen molar-refractivity contribution in [1.82, 2.24) is 15.2 Å². The molecule has 1 aromatic heterocycles. The monoisotopic (exact) mass is 260 g/mol. The molecule has 1 aliphatic rings. The Morgan fingerprint density at radius 1 is 1.42 bits per heavy atom. The molecule has 2 heterocycles. The first kappa shape index (κ1) is 12.0. The molecule has 0 unspecified atom stereocenters. The summed E-state index contributed by atoms with van der Waals surface area (Å²) in [5.74, 6) is 0.742. The van der Waals surface area contributed by atoms with Crippen molar-refractivity contribution in [1.29, 1.82) is 0 Å². The van der Waals surface area contributed by atoms with E-state index in [1.54, 1.807) is 0 Å². The third kappa shape index (κ3) is 2.53. The van der Waals surface area contributed by atoms with Gasteiger partial charge in [0.2, 0.25) is 11.8 Å². The molecule has 0 radical (unpaired) electrons. The number of nitrogen functional groups attached to an aromatic ring is 1. The third-order valence-electron chi connectivity index (χ3n) is 3.26. The molecule has 3 N–H and O–H groups in total. The van der Waals surface area contributed by atoms with Gasteiger partial charge in [0.1, 0.15) is 5.52 Å². The Labute approximate surface area is 110 Å². The van der Waals surface area contributed by atoms with Crippen LogP contribution in [0.25, 0.3) is 11.1 Å². The van der Waals surface area contributed by atoms with E-state index in [4.69, 9.17) is 10.2 Å². The van der Waals surface area contributed by atoms with Gasteiger partial charge in [0.25, 0.3) is 0 Å². The molecule has 1 saturated heterocycles. The van der Waals surface area contributed by atoms with Crippen molar-refractivity contribution >= 4 is 22.7 Å². The largest absolute Gasteiger partial charge is 0.439 e. The number of para-hydroxylation sites is 1. The molecular formula is C13H16N4O2. The zero-order valence-electron chi connectivity index (χ0n) is 10.6. The Kier molecular flexibility index (Phi) is 3.08. The Hall–Kier alpha value is -2.08. The lowest BCUT2D eigenvalue weighted by molar-refractivity contribution is -0.120. The van der Waals surface area contributed by atoms with Crippen molar-refractivity contribution in [3.63, 3.8) is 0 Å². The normalized spacial score (nSPS) is 17.4. The average Bonchev–Trinajstić information content (AvgIpc) is 2.69. The van der Waals surface area contributed by atoms with Crippen LogP contribution in [0.3, 0.4) is 0 Å². The smallest absolute Gasteiger partial charge is 0.221 e. The number of hydrogen-bond donors (Lipinski definition) is 2. The molecule has 1 aliphatic heterocycles. The zero-order chi connectivity index (χ0) is 13.2. The van der Waals surface area contributed by atoms with Crippen LogP contribution in [0.5, 0.6) is 0 Å². The Balaban J connectivity index is 1.77. The van der Waals surface area contributed by atoms with Crippen LogP contribution in [0, 0.1) is 0 Å². The Morgan fingerprint density at radius 2 is 2.32 bits per heavy atom. The highest BCUT2D eigenvalue weighted by molar-refractivity contribution is 5.85. The third-order valence-corrected chi connectivity index (χ3v) is 3.26. The van der Waals surface area contributed by atoms with Crippen molar-refractivity contribution in [2.75, 3.05) is 25.4 Å². The highest BCUT2D eigenvalue weighted by atomic mass is 16.3. The van der Waals surface area contributed by atoms with Crippen LogP contribution < -0.4 is 11.1 Å². The highest BCUT2D eigenvalue weighted by Crippen LogP contribution is 2.21. The highest BCUT2D eigenvalue weighted by Gasteiger charge is 2.16. The number of rotatable bonds is 2. The lowest BCUT2D eigenvalue weighted by atomic mass is 10.3. The standard InChI is InChI=1S/C13H16N4O2/c14-9-2-1-3-10-13(9)16-12(19-10)8-17-6-4-11(18)15-5-7-17/h1-3H,4-8,14H2,(H,15,18). The first-order chi connectivity index (χ1) is 9.22. The molecule has 1 aromatic carbocycles. The molecule has 100 valence electrons. The van der Waals surface area contributed by atoms with Gasteiger partial charge in [0.15, 0.2) is 5.58 Å². The van der Waals surface area contributed by atoms with Gasteiger partial charge in [-0.25, -0.2) is 4.98 Å². The van der Waals surface area contributed by atoms with Gasteiger partial charge in [-0.05, 0) is 12.1 Å². The summed E-state index contributed by atoms with van der Waals surface area (Å²) in [5, 5.41) is 2.84. The Bertz CT molecular complexity index is 608. The predicted molar refractivity (Wildman–Crippen MR) is 71.3 cm³/mol. The van der Waals surface area contributed by atoms with Gasteiger partial charge in [-0.1, -0.05) is 6.07 Å². The van der Waals surface area contributed by atoms with Gasteiger partial charge in [-0.2, -0.15) is 0 Å². The second kappa shape index (κ2) is 4.89. The molecule has 6 heteroatoms. The molecule has 1 amide bonds. The molecule has 6 nitrogen and oxygen atoms in total. The summed E-state index contributed by atoms with van der Waals surface area (Å²) < 4.78 is 5.68. The molecule has 19 heavy (non-hydrogen) atoms. The van der Waals surface area contributed by atoms with Gasteiger partial charge in [-0.3, -0.25) is 9.69 Å². The van der Waals surface area contributed by atoms with Crippen molar-refractivity contribution in [2.45, 2.75) is 13.0 Å². The molecule has 0 atom stereocenters. The predicted octanol–water partition coefficient (Wildman–Crippen LogP) is 0.732. The van der Waals surface area contributed by atoms with E-state index < -0.39 is 0 Å². The molecule has 0 bridgehead atoms. The van der Waals surface area contributed by atoms with Gasteiger partial charge >= 0.3 is 0 Å². The minimum atomic E-state index is 0.101. The fraction of sp³-hybridized carbons (Fsp3) is 0.385. The molecule has 0 saturated carbocycles. The topological polar surface area (TPSA) is 84.4 Å². The van der Waals surface area contributed by atoms with Crippen LogP contribution in [0.1, 0.15) is 12.3 Å². The van der Waals surface area contributed by atoms with E-state index in [0.717, 1.165) is 13.1 Å². The number of benzene rings is 1. The number of nitrogens with one attached hydrogen (secondary N) is 1. The van der Waals surface area contributed by atoms with E-state index in [1.165, 1.54) is 0 Å². The van der Waals surface area contributed by atoms with Gasteiger partial charge < -0.3 is 15.5 Å². The number of nitrogens with zero attached hydrogens (tertiary/aromatic N) is 2. The fourth-order valence-corrected chi connectivity index (χ4v) is 2.25. The maximum atomic E-state index is 11.3. The lowest BCUT2D eigenvalue weighted by Gasteiger charge is -2.16. The SMILES string of the molecule is Nc1cccc2oc(CN3CCNC(=O)CC3)nc12. The Morgan fingerprint density at radius 3 is 3.16 bits per heavy atom. The van der Waals surface area contributed by atoms with E-state index in [1.807, 2.05) is 18.2 Å². The summed E-state index contributed by atoms with van der Waals surface area (Å²) in [4.78, 5) is 17.8. The molecule has 3 rings (SSSR count). The zero-order valence-corrected chi connectivity index (χ0v) is 10.6. The summed E-state index contributed by atoms with van der Waals surface area (Å²) in [6, 6.07) is 5.51. The molecule has 2 aromatic rings. The number of fused-ring (bicyclic) bond motifs is 1. The van der Waals surface area contributed by atoms with Crippen LogP contribution in [0.15, 0.2) is 22.6 Å². The lowest BCUT2D eigenvalue weighted by Crippen LogP contribution is -2.28. The van der Waals surface area contributed by atoms with E-state index >= 15 is 0 Å². The van der Waals surface area contributed by atoms with Crippen molar-refractivity contribution in [3.8, 4) is 0 Å². The second-order valence-electron chi connectivity index (χ2n) is 4.68. The number of aromatic nitrogens is 1. The van der Waals surface area contributed by atoms with Crippen LogP contribution in [0.4, 0.5) is 5.69 Å². The van der Waals surface area contributed by atoms with E-state index in [2.05, 4.69) is 15.2 Å². The quantitative estimate of drug-likeness (QED) is 0.778. The number of hydrogen-bond acceptors (Lipinski definition) is 5. The minimum Gasteiger partial charge on any atom is -0.439 e. The van der Waals surface area contributed by atoms with E-state index in [-0.39, 0.29) is 5.91 Å². The van der Waals surface area contributed by atoms with E-state index in [0.29, 0.717) is 42.2 Å². The summed E-state index contributed by atoms with van der Waals surface area (Å²) in [6.07, 6.45) is 0.516. The number of nitrogens with two attached hydrogens (primary N) is 1. The van der Waals surface area contributed by atoms with E-state index in [9.17, 15) is 4.79 Å². The first-order valence-electron chi connectivity index (χ1n) is 6.35. The van der Waals surface area contributed by atoms with Gasteiger partial charge in [0.05, 0.1) is 12.2 Å². The van der Waals surface area contributed by atoms with Crippen molar-refractivity contribution in [2.24, 2.45) is 0 Å². The molecular weight excluding hydrogens is 244 g/mol. The summed E-state index contributed by atoms with van der Waals surface area (Å²) >= 11 is 0. The summed E-state index contributed by atoms with van der Waals surface area (Å²) in [6.45, 7) is 2.80. The minimum absolute atomic E-state index is 0.101. The van der Waals surface area contributed by atoms with Crippen LogP contribution in [0.2, 0.25) is 0 Å². The maximum Gasteiger partial charge on any atom is 0.221 e. The molecule has 0 aliphatic carbocycles. The van der Waals surface area contributed by atoms with Crippen LogP contribution >= 0.6 is 0 Å². The summed E-state index contributed by atoms with van der Waals surface area (Å²) in [5.41, 5.74) is 7.90. The van der Waals surface area contributed by atoms with Gasteiger partial charge in [0, 0.05) is 26.1 Å².